The average molecular weight is 368 g/mol. The van der Waals surface area contributed by atoms with E-state index in [-0.39, 0.29) is 31.1 Å². The van der Waals surface area contributed by atoms with E-state index >= 15 is 0 Å². The lowest BCUT2D eigenvalue weighted by Gasteiger charge is -2.10. The number of pyridine rings is 1. The molecule has 10 heteroatoms. The number of halogens is 3. The van der Waals surface area contributed by atoms with Crippen molar-refractivity contribution >= 4 is 17.3 Å². The highest BCUT2D eigenvalue weighted by Crippen LogP contribution is 2.34. The topological polar surface area (TPSA) is 97.2 Å². The first kappa shape index (κ1) is 19.2. The number of nitrogens with one attached hydrogen (secondary N) is 2. The maximum Gasteiger partial charge on any atom is 0.416 e. The highest BCUT2D eigenvalue weighted by molar-refractivity contribution is 5.76. The van der Waals surface area contributed by atoms with Crippen LogP contribution in [0.2, 0.25) is 0 Å². The van der Waals surface area contributed by atoms with Crippen molar-refractivity contribution in [3.63, 3.8) is 0 Å². The molecule has 2 N–H and O–H groups in total. The number of nitro benzene ring substituents is 1. The minimum atomic E-state index is -4.67. The van der Waals surface area contributed by atoms with Gasteiger partial charge in [0.1, 0.15) is 5.69 Å². The maximum absolute atomic E-state index is 12.6. The molecule has 1 heterocycles. The smallest absolute Gasteiger partial charge is 0.379 e. The van der Waals surface area contributed by atoms with E-state index < -0.39 is 22.4 Å². The van der Waals surface area contributed by atoms with Crippen LogP contribution in [0.3, 0.4) is 0 Å². The Hall–Kier alpha value is -3.17. The zero-order valence-corrected chi connectivity index (χ0v) is 13.4. The van der Waals surface area contributed by atoms with Crippen LogP contribution in [0.4, 0.5) is 24.5 Å². The fourth-order valence-electron chi connectivity index (χ4n) is 2.10. The van der Waals surface area contributed by atoms with E-state index in [9.17, 15) is 28.1 Å². The van der Waals surface area contributed by atoms with E-state index in [1.807, 2.05) is 0 Å². The highest BCUT2D eigenvalue weighted by atomic mass is 19.4. The van der Waals surface area contributed by atoms with Crippen LogP contribution in [0, 0.1) is 10.1 Å². The second-order valence-electron chi connectivity index (χ2n) is 5.26. The summed E-state index contributed by atoms with van der Waals surface area (Å²) in [5.74, 6) is -0.322. The van der Waals surface area contributed by atoms with Gasteiger partial charge >= 0.3 is 6.18 Å². The molecule has 2 aromatic rings. The van der Waals surface area contributed by atoms with E-state index in [1.165, 1.54) is 0 Å². The number of amides is 1. The number of carbonyl (C=O) groups is 1. The Labute approximate surface area is 146 Å². The van der Waals surface area contributed by atoms with Gasteiger partial charge in [-0.05, 0) is 24.3 Å². The van der Waals surface area contributed by atoms with Crippen molar-refractivity contribution in [1.82, 2.24) is 10.3 Å². The Morgan fingerprint density at radius 1 is 1.23 bits per heavy atom. The summed E-state index contributed by atoms with van der Waals surface area (Å²) < 4.78 is 37.9. The summed E-state index contributed by atoms with van der Waals surface area (Å²) in [4.78, 5) is 25.9. The van der Waals surface area contributed by atoms with Crippen LogP contribution in [0.5, 0.6) is 0 Å². The van der Waals surface area contributed by atoms with Crippen molar-refractivity contribution in [2.75, 3.05) is 11.9 Å². The first-order valence-corrected chi connectivity index (χ1v) is 7.53. The number of carbonyl (C=O) groups excluding carboxylic acids is 1. The number of anilines is 1. The molecule has 26 heavy (non-hydrogen) atoms. The molecule has 7 nitrogen and oxygen atoms in total. The lowest BCUT2D eigenvalue weighted by atomic mass is 10.1. The minimum Gasteiger partial charge on any atom is -0.379 e. The molecule has 0 aliphatic rings. The molecule has 0 radical (unpaired) electrons. The number of hydrogen-bond acceptors (Lipinski definition) is 5. The quantitative estimate of drug-likeness (QED) is 0.578. The van der Waals surface area contributed by atoms with Crippen LogP contribution in [-0.2, 0) is 17.5 Å². The molecule has 0 atom stereocenters. The van der Waals surface area contributed by atoms with Gasteiger partial charge < -0.3 is 10.6 Å². The molecule has 1 aromatic heterocycles. The van der Waals surface area contributed by atoms with Gasteiger partial charge in [-0.3, -0.25) is 19.9 Å². The molecular formula is C16H15F3N4O3. The third-order valence-corrected chi connectivity index (χ3v) is 3.38. The second kappa shape index (κ2) is 8.28. The summed E-state index contributed by atoms with van der Waals surface area (Å²) in [5.41, 5.74) is -1.22. The molecule has 0 spiro atoms. The number of hydrogen-bond donors (Lipinski definition) is 2. The number of benzene rings is 1. The van der Waals surface area contributed by atoms with Gasteiger partial charge in [0.2, 0.25) is 5.91 Å². The minimum absolute atomic E-state index is 0.00892. The third kappa shape index (κ3) is 5.43. The second-order valence-corrected chi connectivity index (χ2v) is 5.26. The maximum atomic E-state index is 12.6. The lowest BCUT2D eigenvalue weighted by molar-refractivity contribution is -0.384. The molecule has 0 saturated heterocycles. The summed E-state index contributed by atoms with van der Waals surface area (Å²) in [6.07, 6.45) is -3.09. The van der Waals surface area contributed by atoms with Crippen LogP contribution in [0.25, 0.3) is 0 Å². The Balaban J connectivity index is 1.90. The number of alkyl halides is 3. The monoisotopic (exact) mass is 368 g/mol. The molecule has 138 valence electrons. The first-order chi connectivity index (χ1) is 12.3. The largest absolute Gasteiger partial charge is 0.416 e. The summed E-state index contributed by atoms with van der Waals surface area (Å²) in [6.45, 7) is 0.264. The standard InChI is InChI=1S/C16H15F3N4O3/c17-16(18,19)11-4-5-13(14(9-11)23(25)26)21-8-6-15(24)22-10-12-3-1-2-7-20-12/h1-5,7,9,21H,6,8,10H2,(H,22,24). The van der Waals surface area contributed by atoms with Crippen molar-refractivity contribution in [3.8, 4) is 0 Å². The molecule has 0 aliphatic heterocycles. The number of nitrogens with zero attached hydrogens (tertiary/aromatic N) is 2. The SMILES string of the molecule is O=C(CCNc1ccc(C(F)(F)F)cc1[N+](=O)[O-])NCc1ccccn1. The summed E-state index contributed by atoms with van der Waals surface area (Å²) in [7, 11) is 0. The van der Waals surface area contributed by atoms with Crippen LogP contribution in [0.1, 0.15) is 17.7 Å². The molecule has 1 amide bonds. The Kier molecular flexibility index (Phi) is 6.10. The van der Waals surface area contributed by atoms with E-state index in [2.05, 4.69) is 15.6 Å². The zero-order chi connectivity index (χ0) is 19.2. The highest BCUT2D eigenvalue weighted by Gasteiger charge is 2.33. The van der Waals surface area contributed by atoms with Gasteiger partial charge in [-0.15, -0.1) is 0 Å². The summed E-state index contributed by atoms with van der Waals surface area (Å²) in [5, 5.41) is 16.2. The van der Waals surface area contributed by atoms with E-state index in [0.717, 1.165) is 12.1 Å². The van der Waals surface area contributed by atoms with E-state index in [4.69, 9.17) is 0 Å². The van der Waals surface area contributed by atoms with Gasteiger partial charge in [0.25, 0.3) is 5.69 Å². The van der Waals surface area contributed by atoms with Crippen LogP contribution < -0.4 is 10.6 Å². The van der Waals surface area contributed by atoms with Crippen LogP contribution in [0.15, 0.2) is 42.6 Å². The number of nitro groups is 1. The molecule has 0 fully saturated rings. The first-order valence-electron chi connectivity index (χ1n) is 7.53. The molecule has 0 saturated carbocycles. The van der Waals surface area contributed by atoms with E-state index in [0.29, 0.717) is 11.8 Å². The van der Waals surface area contributed by atoms with Crippen LogP contribution in [-0.4, -0.2) is 22.4 Å². The Morgan fingerprint density at radius 2 is 2.00 bits per heavy atom. The Bertz CT molecular complexity index is 782. The van der Waals surface area contributed by atoms with Crippen molar-refractivity contribution < 1.29 is 22.9 Å². The third-order valence-electron chi connectivity index (χ3n) is 3.38. The Morgan fingerprint density at radius 3 is 2.62 bits per heavy atom. The van der Waals surface area contributed by atoms with Crippen molar-refractivity contribution in [3.05, 3.63) is 64.0 Å². The number of aromatic nitrogens is 1. The van der Waals surface area contributed by atoms with Crippen molar-refractivity contribution in [2.45, 2.75) is 19.1 Å². The summed E-state index contributed by atoms with van der Waals surface area (Å²) in [6, 6.07) is 7.45. The fraction of sp³-hybridized carbons (Fsp3) is 0.250. The van der Waals surface area contributed by atoms with Crippen molar-refractivity contribution in [2.24, 2.45) is 0 Å². The van der Waals surface area contributed by atoms with Gasteiger partial charge in [0.05, 0.1) is 22.7 Å². The van der Waals surface area contributed by atoms with Crippen LogP contribution >= 0.6 is 0 Å². The molecule has 0 aliphatic carbocycles. The fourth-order valence-corrected chi connectivity index (χ4v) is 2.10. The molecule has 0 unspecified atom stereocenters. The average Bonchev–Trinajstić information content (AvgIpc) is 2.60. The lowest BCUT2D eigenvalue weighted by Crippen LogP contribution is -2.25. The van der Waals surface area contributed by atoms with E-state index in [1.54, 1.807) is 24.4 Å². The normalized spacial score (nSPS) is 11.0. The number of rotatable bonds is 7. The molecule has 0 bridgehead atoms. The molecular weight excluding hydrogens is 353 g/mol. The van der Waals surface area contributed by atoms with Gasteiger partial charge in [-0.1, -0.05) is 6.07 Å². The van der Waals surface area contributed by atoms with Gasteiger partial charge in [-0.25, -0.2) is 0 Å². The van der Waals surface area contributed by atoms with Gasteiger partial charge in [0.15, 0.2) is 0 Å². The predicted molar refractivity (Wildman–Crippen MR) is 87.3 cm³/mol. The molecule has 2 rings (SSSR count). The summed E-state index contributed by atoms with van der Waals surface area (Å²) >= 11 is 0. The molecule has 1 aromatic carbocycles. The predicted octanol–water partition coefficient (Wildman–Crippen LogP) is 3.13. The van der Waals surface area contributed by atoms with Gasteiger partial charge in [-0.2, -0.15) is 13.2 Å². The van der Waals surface area contributed by atoms with Gasteiger partial charge in [0, 0.05) is 25.2 Å². The van der Waals surface area contributed by atoms with Crippen molar-refractivity contribution in [1.29, 1.82) is 0 Å². The zero-order valence-electron chi connectivity index (χ0n) is 13.4.